The standard InChI is InChI=1S/C21H22N2O2/c24-21(22-23-12-6-1-7-13-23)25-15-20-18-10-4-2-8-16(18)14-17-9-3-5-11-19(17)20/h2-5,8-11,14H,1,6-7,12-13,15H2,(H,22,24). The fraction of sp³-hybridized carbons (Fsp3) is 0.286. The number of carbonyl (C=O) groups is 1. The van der Waals surface area contributed by atoms with Gasteiger partial charge in [0.05, 0.1) is 0 Å². The molecule has 128 valence electrons. The fourth-order valence-electron chi connectivity index (χ4n) is 3.57. The van der Waals surface area contributed by atoms with E-state index in [-0.39, 0.29) is 12.7 Å². The summed E-state index contributed by atoms with van der Waals surface area (Å²) in [5, 5.41) is 6.54. The van der Waals surface area contributed by atoms with E-state index in [1.54, 1.807) is 0 Å². The second-order valence-corrected chi connectivity index (χ2v) is 6.53. The van der Waals surface area contributed by atoms with E-state index in [2.05, 4.69) is 35.8 Å². The summed E-state index contributed by atoms with van der Waals surface area (Å²) < 4.78 is 5.56. The molecule has 0 atom stereocenters. The van der Waals surface area contributed by atoms with E-state index in [4.69, 9.17) is 4.74 Å². The van der Waals surface area contributed by atoms with Crippen molar-refractivity contribution in [2.45, 2.75) is 25.9 Å². The third-order valence-corrected chi connectivity index (χ3v) is 4.84. The molecule has 0 saturated carbocycles. The SMILES string of the molecule is O=C(NN1CCCCC1)OCc1c2ccccc2cc2ccccc12. The van der Waals surface area contributed by atoms with Crippen LogP contribution in [0.4, 0.5) is 4.79 Å². The second kappa shape index (κ2) is 7.11. The summed E-state index contributed by atoms with van der Waals surface area (Å²) in [6, 6.07) is 18.7. The number of nitrogens with zero attached hydrogens (tertiary/aromatic N) is 1. The van der Waals surface area contributed by atoms with Gasteiger partial charge in [0.1, 0.15) is 6.61 Å². The highest BCUT2D eigenvalue weighted by atomic mass is 16.6. The second-order valence-electron chi connectivity index (χ2n) is 6.53. The smallest absolute Gasteiger partial charge is 0.422 e. The molecule has 1 heterocycles. The molecule has 25 heavy (non-hydrogen) atoms. The van der Waals surface area contributed by atoms with E-state index >= 15 is 0 Å². The molecule has 0 aromatic heterocycles. The zero-order valence-electron chi connectivity index (χ0n) is 14.2. The molecule has 3 aromatic carbocycles. The number of piperidine rings is 1. The van der Waals surface area contributed by atoms with Crippen LogP contribution < -0.4 is 5.43 Å². The van der Waals surface area contributed by atoms with Gasteiger partial charge >= 0.3 is 6.09 Å². The maximum absolute atomic E-state index is 12.2. The molecule has 1 aliphatic heterocycles. The molecule has 4 heteroatoms. The number of hydrogen-bond donors (Lipinski definition) is 1. The third kappa shape index (κ3) is 3.44. The number of hydrazine groups is 1. The number of benzene rings is 3. The van der Waals surface area contributed by atoms with Crippen molar-refractivity contribution in [1.82, 2.24) is 10.4 Å². The van der Waals surface area contributed by atoms with Crippen LogP contribution in [0.3, 0.4) is 0 Å². The number of nitrogens with one attached hydrogen (secondary N) is 1. The first-order chi connectivity index (χ1) is 12.3. The zero-order chi connectivity index (χ0) is 17.1. The lowest BCUT2D eigenvalue weighted by molar-refractivity contribution is 0.0913. The Morgan fingerprint density at radius 2 is 1.52 bits per heavy atom. The molecular formula is C21H22N2O2. The normalized spacial score (nSPS) is 15.4. The number of rotatable bonds is 3. The summed E-state index contributed by atoms with van der Waals surface area (Å²) in [6.45, 7) is 2.06. The molecule has 4 nitrogen and oxygen atoms in total. The minimum Gasteiger partial charge on any atom is -0.444 e. The van der Waals surface area contributed by atoms with Crippen molar-refractivity contribution >= 4 is 27.6 Å². The lowest BCUT2D eigenvalue weighted by Gasteiger charge is -2.26. The first-order valence-electron chi connectivity index (χ1n) is 8.89. The van der Waals surface area contributed by atoms with Crippen LogP contribution in [0.1, 0.15) is 24.8 Å². The Kier molecular flexibility index (Phi) is 4.53. The maximum atomic E-state index is 12.2. The van der Waals surface area contributed by atoms with Gasteiger partial charge in [-0.25, -0.2) is 9.80 Å². The first kappa shape index (κ1) is 15.9. The van der Waals surface area contributed by atoms with Crippen LogP contribution in [-0.4, -0.2) is 24.2 Å². The number of hydrogen-bond acceptors (Lipinski definition) is 3. The molecule has 1 aliphatic rings. The summed E-state index contributed by atoms with van der Waals surface area (Å²) in [5.41, 5.74) is 3.92. The summed E-state index contributed by atoms with van der Waals surface area (Å²) in [5.74, 6) is 0. The van der Waals surface area contributed by atoms with Gasteiger partial charge in [-0.05, 0) is 40.5 Å². The molecule has 3 aromatic rings. The van der Waals surface area contributed by atoms with E-state index in [0.29, 0.717) is 0 Å². The van der Waals surface area contributed by atoms with Crippen molar-refractivity contribution in [3.63, 3.8) is 0 Å². The molecule has 0 aliphatic carbocycles. The van der Waals surface area contributed by atoms with Gasteiger partial charge < -0.3 is 4.74 Å². The van der Waals surface area contributed by atoms with Gasteiger partial charge in [-0.3, -0.25) is 5.43 Å². The average molecular weight is 334 g/mol. The van der Waals surface area contributed by atoms with E-state index in [0.717, 1.165) is 53.0 Å². The van der Waals surface area contributed by atoms with Crippen LogP contribution >= 0.6 is 0 Å². The predicted molar refractivity (Wildman–Crippen MR) is 100 cm³/mol. The highest BCUT2D eigenvalue weighted by Gasteiger charge is 2.14. The minimum absolute atomic E-state index is 0.265. The highest BCUT2D eigenvalue weighted by molar-refractivity contribution is 6.02. The van der Waals surface area contributed by atoms with Crippen molar-refractivity contribution in [1.29, 1.82) is 0 Å². The van der Waals surface area contributed by atoms with Crippen molar-refractivity contribution in [2.24, 2.45) is 0 Å². The first-order valence-corrected chi connectivity index (χ1v) is 8.89. The van der Waals surface area contributed by atoms with E-state index in [1.165, 1.54) is 6.42 Å². The quantitative estimate of drug-likeness (QED) is 0.711. The number of fused-ring (bicyclic) bond motifs is 2. The number of ether oxygens (including phenoxy) is 1. The summed E-state index contributed by atoms with van der Waals surface area (Å²) in [7, 11) is 0. The van der Waals surface area contributed by atoms with Gasteiger partial charge in [-0.15, -0.1) is 0 Å². The molecule has 1 fully saturated rings. The Morgan fingerprint density at radius 3 is 2.16 bits per heavy atom. The van der Waals surface area contributed by atoms with Gasteiger partial charge in [0, 0.05) is 18.7 Å². The Hall–Kier alpha value is -2.59. The molecule has 1 amide bonds. The molecule has 0 bridgehead atoms. The molecular weight excluding hydrogens is 312 g/mol. The van der Waals surface area contributed by atoms with E-state index in [1.807, 2.05) is 29.3 Å². The average Bonchev–Trinajstić information content (AvgIpc) is 2.66. The van der Waals surface area contributed by atoms with Crippen LogP contribution in [0, 0.1) is 0 Å². The highest BCUT2D eigenvalue weighted by Crippen LogP contribution is 2.29. The topological polar surface area (TPSA) is 41.6 Å². The van der Waals surface area contributed by atoms with Crippen LogP contribution in [0.25, 0.3) is 21.5 Å². The summed E-state index contributed by atoms with van der Waals surface area (Å²) in [6.07, 6.45) is 3.09. The predicted octanol–water partition coefficient (Wildman–Crippen LogP) is 4.62. The fourth-order valence-corrected chi connectivity index (χ4v) is 3.57. The number of carbonyl (C=O) groups excluding carboxylic acids is 1. The third-order valence-electron chi connectivity index (χ3n) is 4.84. The lowest BCUT2D eigenvalue weighted by atomic mass is 9.97. The van der Waals surface area contributed by atoms with Gasteiger partial charge in [0.25, 0.3) is 0 Å². The monoisotopic (exact) mass is 334 g/mol. The van der Waals surface area contributed by atoms with Crippen molar-refractivity contribution in [3.05, 3.63) is 60.2 Å². The molecule has 1 N–H and O–H groups in total. The maximum Gasteiger partial charge on any atom is 0.422 e. The molecule has 0 spiro atoms. The van der Waals surface area contributed by atoms with Crippen molar-refractivity contribution < 1.29 is 9.53 Å². The van der Waals surface area contributed by atoms with E-state index in [9.17, 15) is 4.79 Å². The van der Waals surface area contributed by atoms with Crippen LogP contribution in [0.5, 0.6) is 0 Å². The molecule has 0 unspecified atom stereocenters. The van der Waals surface area contributed by atoms with Crippen LogP contribution in [0.2, 0.25) is 0 Å². The molecule has 0 radical (unpaired) electrons. The lowest BCUT2D eigenvalue weighted by Crippen LogP contribution is -2.45. The van der Waals surface area contributed by atoms with Crippen LogP contribution in [0.15, 0.2) is 54.6 Å². The Labute approximate surface area is 147 Å². The Balaban J connectivity index is 1.58. The van der Waals surface area contributed by atoms with Crippen LogP contribution in [-0.2, 0) is 11.3 Å². The largest absolute Gasteiger partial charge is 0.444 e. The van der Waals surface area contributed by atoms with Gasteiger partial charge in [0.15, 0.2) is 0 Å². The van der Waals surface area contributed by atoms with Gasteiger partial charge in [-0.1, -0.05) is 55.0 Å². The zero-order valence-corrected chi connectivity index (χ0v) is 14.2. The summed E-state index contributed by atoms with van der Waals surface area (Å²) >= 11 is 0. The molecule has 1 saturated heterocycles. The Morgan fingerprint density at radius 1 is 0.920 bits per heavy atom. The summed E-state index contributed by atoms with van der Waals surface area (Å²) in [4.78, 5) is 12.2. The Bertz CT molecular complexity index is 847. The number of amides is 1. The minimum atomic E-state index is -0.376. The molecule has 4 rings (SSSR count). The van der Waals surface area contributed by atoms with Gasteiger partial charge in [-0.2, -0.15) is 0 Å². The van der Waals surface area contributed by atoms with Crippen molar-refractivity contribution in [3.8, 4) is 0 Å². The van der Waals surface area contributed by atoms with E-state index < -0.39 is 0 Å². The van der Waals surface area contributed by atoms with Gasteiger partial charge in [0.2, 0.25) is 0 Å². The van der Waals surface area contributed by atoms with Crippen molar-refractivity contribution in [2.75, 3.05) is 13.1 Å².